The zero-order valence-corrected chi connectivity index (χ0v) is 17.0. The highest BCUT2D eigenvalue weighted by molar-refractivity contribution is 9.10. The molecule has 2 aromatic carbocycles. The van der Waals surface area contributed by atoms with Crippen LogP contribution in [0.1, 0.15) is 21.7 Å². The van der Waals surface area contributed by atoms with Crippen molar-refractivity contribution in [2.24, 2.45) is 0 Å². The first kappa shape index (κ1) is 19.0. The lowest BCUT2D eigenvalue weighted by atomic mass is 10.2. The number of nitrogens with zero attached hydrogens (tertiary/aromatic N) is 3. The molecule has 0 radical (unpaired) electrons. The summed E-state index contributed by atoms with van der Waals surface area (Å²) in [5.41, 5.74) is 1.81. The number of H-pyrrole nitrogens is 1. The number of pyridine rings is 1. The molecule has 4 rings (SSSR count). The van der Waals surface area contributed by atoms with Crippen molar-refractivity contribution in [1.29, 1.82) is 0 Å². The lowest BCUT2D eigenvalue weighted by molar-refractivity contribution is 0.0725. The van der Waals surface area contributed by atoms with Crippen molar-refractivity contribution in [1.82, 2.24) is 19.9 Å². The first-order valence-electron chi connectivity index (χ1n) is 9.02. The highest BCUT2D eigenvalue weighted by atomic mass is 79.9. The standard InChI is InChI=1S/C22H17BrN4O2/c23-17-10-16(11-24-12-17)22(29)27(13-15-6-2-1-3-7-15)14-20-25-19-9-5-4-8-18(19)21(28)26-20/h1-12H,13-14H2,(H,25,26,28). The monoisotopic (exact) mass is 448 g/mol. The number of rotatable bonds is 5. The fourth-order valence-corrected chi connectivity index (χ4v) is 3.47. The van der Waals surface area contributed by atoms with Crippen LogP contribution in [0, 0.1) is 0 Å². The summed E-state index contributed by atoms with van der Waals surface area (Å²) in [4.78, 5) is 38.7. The van der Waals surface area contributed by atoms with Gasteiger partial charge in [0.05, 0.1) is 23.0 Å². The van der Waals surface area contributed by atoms with E-state index in [9.17, 15) is 9.59 Å². The second-order valence-electron chi connectivity index (χ2n) is 6.57. The van der Waals surface area contributed by atoms with Gasteiger partial charge in [0.1, 0.15) is 5.82 Å². The van der Waals surface area contributed by atoms with Crippen LogP contribution in [0.3, 0.4) is 0 Å². The summed E-state index contributed by atoms with van der Waals surface area (Å²) < 4.78 is 0.722. The average Bonchev–Trinajstić information content (AvgIpc) is 2.73. The van der Waals surface area contributed by atoms with Gasteiger partial charge in [-0.25, -0.2) is 4.98 Å². The molecule has 0 saturated heterocycles. The van der Waals surface area contributed by atoms with E-state index in [1.807, 2.05) is 36.4 Å². The SMILES string of the molecule is O=C(c1cncc(Br)c1)N(Cc1ccccc1)Cc1nc2ccccc2c(=O)[nH]1. The smallest absolute Gasteiger partial charge is 0.258 e. The largest absolute Gasteiger partial charge is 0.327 e. The maximum Gasteiger partial charge on any atom is 0.258 e. The van der Waals surface area contributed by atoms with Crippen molar-refractivity contribution < 1.29 is 4.79 Å². The third kappa shape index (κ3) is 4.41. The lowest BCUT2D eigenvalue weighted by Crippen LogP contribution is -2.31. The summed E-state index contributed by atoms with van der Waals surface area (Å²) in [7, 11) is 0. The van der Waals surface area contributed by atoms with Crippen LogP contribution in [0.2, 0.25) is 0 Å². The molecule has 0 atom stereocenters. The molecule has 4 aromatic rings. The number of benzene rings is 2. The molecule has 0 unspecified atom stereocenters. The molecule has 0 bridgehead atoms. The van der Waals surface area contributed by atoms with Crippen molar-refractivity contribution >= 4 is 32.7 Å². The maximum absolute atomic E-state index is 13.2. The van der Waals surface area contributed by atoms with Crippen LogP contribution in [-0.4, -0.2) is 25.8 Å². The van der Waals surface area contributed by atoms with Gasteiger partial charge < -0.3 is 9.88 Å². The number of nitrogens with one attached hydrogen (secondary N) is 1. The molecule has 0 aliphatic heterocycles. The van der Waals surface area contributed by atoms with Crippen molar-refractivity contribution in [3.05, 3.63) is 105 Å². The molecule has 29 heavy (non-hydrogen) atoms. The van der Waals surface area contributed by atoms with Gasteiger partial charge in [0.2, 0.25) is 0 Å². The van der Waals surface area contributed by atoms with E-state index in [1.165, 1.54) is 6.20 Å². The minimum absolute atomic E-state index is 0.167. The highest BCUT2D eigenvalue weighted by Gasteiger charge is 2.19. The Morgan fingerprint density at radius 1 is 1.00 bits per heavy atom. The Bertz CT molecular complexity index is 1220. The fourth-order valence-electron chi connectivity index (χ4n) is 3.11. The van der Waals surface area contributed by atoms with Crippen molar-refractivity contribution in [2.75, 3.05) is 0 Å². The van der Waals surface area contributed by atoms with Gasteiger partial charge in [-0.3, -0.25) is 14.6 Å². The Labute approximate surface area is 175 Å². The minimum Gasteiger partial charge on any atom is -0.327 e. The first-order chi connectivity index (χ1) is 14.1. The van der Waals surface area contributed by atoms with Gasteiger partial charge in [0, 0.05) is 23.4 Å². The molecule has 6 nitrogen and oxygen atoms in total. The zero-order valence-electron chi connectivity index (χ0n) is 15.4. The van der Waals surface area contributed by atoms with Crippen LogP contribution in [0.15, 0.2) is 82.3 Å². The van der Waals surface area contributed by atoms with E-state index in [0.717, 1.165) is 10.0 Å². The van der Waals surface area contributed by atoms with Crippen LogP contribution in [0.25, 0.3) is 10.9 Å². The number of halogens is 1. The molecule has 1 amide bonds. The van der Waals surface area contributed by atoms with Crippen LogP contribution < -0.4 is 5.56 Å². The average molecular weight is 449 g/mol. The molecule has 0 saturated carbocycles. The van der Waals surface area contributed by atoms with Gasteiger partial charge in [-0.2, -0.15) is 0 Å². The number of para-hydroxylation sites is 1. The van der Waals surface area contributed by atoms with Crippen LogP contribution in [0.4, 0.5) is 0 Å². The molecule has 2 aromatic heterocycles. The molecule has 0 aliphatic carbocycles. The Hall–Kier alpha value is -3.32. The van der Waals surface area contributed by atoms with Gasteiger partial charge in [-0.05, 0) is 39.7 Å². The number of fused-ring (bicyclic) bond motifs is 1. The molecule has 0 fully saturated rings. The van der Waals surface area contributed by atoms with E-state index >= 15 is 0 Å². The number of aromatic nitrogens is 3. The highest BCUT2D eigenvalue weighted by Crippen LogP contribution is 2.16. The van der Waals surface area contributed by atoms with Crippen LogP contribution >= 0.6 is 15.9 Å². The van der Waals surface area contributed by atoms with E-state index in [1.54, 1.807) is 35.4 Å². The minimum atomic E-state index is -0.221. The summed E-state index contributed by atoms with van der Waals surface area (Å²) in [5, 5.41) is 0.522. The molecule has 1 N–H and O–H groups in total. The quantitative estimate of drug-likeness (QED) is 0.501. The van der Waals surface area contributed by atoms with E-state index in [4.69, 9.17) is 0 Å². The van der Waals surface area contributed by atoms with Crippen LogP contribution in [-0.2, 0) is 13.1 Å². The molecule has 144 valence electrons. The number of amides is 1. The summed E-state index contributed by atoms with van der Waals surface area (Å²) in [5.74, 6) is 0.236. The Balaban J connectivity index is 1.70. The van der Waals surface area contributed by atoms with Gasteiger partial charge in [-0.1, -0.05) is 42.5 Å². The Kier molecular flexibility index (Phi) is 5.48. The molecular formula is C22H17BrN4O2. The lowest BCUT2D eigenvalue weighted by Gasteiger charge is -2.22. The second kappa shape index (κ2) is 8.36. The molecular weight excluding hydrogens is 432 g/mol. The van der Waals surface area contributed by atoms with Gasteiger partial charge in [0.25, 0.3) is 11.5 Å². The first-order valence-corrected chi connectivity index (χ1v) is 9.81. The third-order valence-corrected chi connectivity index (χ3v) is 4.89. The van der Waals surface area contributed by atoms with Crippen molar-refractivity contribution in [2.45, 2.75) is 13.1 Å². The molecule has 7 heteroatoms. The molecule has 0 aliphatic rings. The Morgan fingerprint density at radius 3 is 2.55 bits per heavy atom. The van der Waals surface area contributed by atoms with Gasteiger partial charge >= 0.3 is 0 Å². The predicted molar refractivity (Wildman–Crippen MR) is 114 cm³/mol. The summed E-state index contributed by atoms with van der Waals surface area (Å²) in [6.45, 7) is 0.545. The molecule has 0 spiro atoms. The number of carbonyl (C=O) groups is 1. The van der Waals surface area contributed by atoms with Crippen molar-refractivity contribution in [3.8, 4) is 0 Å². The normalized spacial score (nSPS) is 10.8. The van der Waals surface area contributed by atoms with E-state index < -0.39 is 0 Å². The van der Waals surface area contributed by atoms with Gasteiger partial charge in [0.15, 0.2) is 0 Å². The number of carbonyl (C=O) groups excluding carboxylic acids is 1. The maximum atomic E-state index is 13.2. The van der Waals surface area contributed by atoms with E-state index in [2.05, 4.69) is 30.9 Å². The summed E-state index contributed by atoms with van der Waals surface area (Å²) in [6, 6.07) is 18.6. The number of aromatic amines is 1. The zero-order chi connectivity index (χ0) is 20.2. The Morgan fingerprint density at radius 2 is 1.76 bits per heavy atom. The van der Waals surface area contributed by atoms with Gasteiger partial charge in [-0.15, -0.1) is 0 Å². The van der Waals surface area contributed by atoms with Crippen LogP contribution in [0.5, 0.6) is 0 Å². The summed E-state index contributed by atoms with van der Waals surface area (Å²) >= 11 is 3.36. The predicted octanol–water partition coefficient (Wildman–Crippen LogP) is 3.92. The van der Waals surface area contributed by atoms with E-state index in [0.29, 0.717) is 28.8 Å². The third-order valence-electron chi connectivity index (χ3n) is 4.46. The second-order valence-corrected chi connectivity index (χ2v) is 7.48. The van der Waals surface area contributed by atoms with Crippen molar-refractivity contribution in [3.63, 3.8) is 0 Å². The van der Waals surface area contributed by atoms with E-state index in [-0.39, 0.29) is 18.0 Å². The molecule has 2 heterocycles. The fraction of sp³-hybridized carbons (Fsp3) is 0.0909. The number of hydrogen-bond donors (Lipinski definition) is 1. The number of hydrogen-bond acceptors (Lipinski definition) is 4. The summed E-state index contributed by atoms with van der Waals surface area (Å²) in [6.07, 6.45) is 3.16. The topological polar surface area (TPSA) is 79.0 Å².